The third-order valence-electron chi connectivity index (χ3n) is 3.36. The molecule has 0 saturated carbocycles. The molecule has 4 heteroatoms. The minimum Gasteiger partial charge on any atom is -0.394 e. The van der Waals surface area contributed by atoms with Crippen molar-refractivity contribution >= 4 is 0 Å². The van der Waals surface area contributed by atoms with Gasteiger partial charge < -0.3 is 9.84 Å². The van der Waals surface area contributed by atoms with Gasteiger partial charge in [0.25, 0.3) is 0 Å². The molecule has 0 spiro atoms. The molecular formula is C12H26N2O2. The number of aliphatic hydroxyl groups excluding tert-OH is 1. The SMILES string of the molecule is CCN(CC)C1CCN(CCOCCO)C1. The molecule has 1 saturated heterocycles. The van der Waals surface area contributed by atoms with E-state index in [0.717, 1.165) is 32.3 Å². The van der Waals surface area contributed by atoms with Gasteiger partial charge in [0.15, 0.2) is 0 Å². The van der Waals surface area contributed by atoms with Gasteiger partial charge in [-0.15, -0.1) is 0 Å². The first kappa shape index (κ1) is 13.9. The highest BCUT2D eigenvalue weighted by Gasteiger charge is 2.25. The first-order valence-corrected chi connectivity index (χ1v) is 6.46. The zero-order chi connectivity index (χ0) is 11.8. The molecule has 0 aromatic rings. The smallest absolute Gasteiger partial charge is 0.0698 e. The summed E-state index contributed by atoms with van der Waals surface area (Å²) in [7, 11) is 0. The molecule has 0 aromatic carbocycles. The Balaban J connectivity index is 2.14. The van der Waals surface area contributed by atoms with E-state index >= 15 is 0 Å². The Kier molecular flexibility index (Phi) is 6.96. The van der Waals surface area contributed by atoms with E-state index in [4.69, 9.17) is 9.84 Å². The zero-order valence-corrected chi connectivity index (χ0v) is 10.7. The molecule has 1 atom stereocenters. The van der Waals surface area contributed by atoms with E-state index in [9.17, 15) is 0 Å². The van der Waals surface area contributed by atoms with Crippen LogP contribution in [-0.4, -0.2) is 73.5 Å². The third kappa shape index (κ3) is 4.37. The van der Waals surface area contributed by atoms with Crippen molar-refractivity contribution in [2.75, 3.05) is 52.5 Å². The van der Waals surface area contributed by atoms with Crippen LogP contribution in [0.4, 0.5) is 0 Å². The number of likely N-dealkylation sites (N-methyl/N-ethyl adjacent to an activating group) is 1. The number of ether oxygens (including phenoxy) is 1. The van der Waals surface area contributed by atoms with Crippen LogP contribution in [0.2, 0.25) is 0 Å². The fourth-order valence-corrected chi connectivity index (χ4v) is 2.41. The summed E-state index contributed by atoms with van der Waals surface area (Å²) in [5, 5.41) is 8.59. The summed E-state index contributed by atoms with van der Waals surface area (Å²) in [5.74, 6) is 0. The van der Waals surface area contributed by atoms with E-state index in [1.165, 1.54) is 19.5 Å². The van der Waals surface area contributed by atoms with Gasteiger partial charge in [-0.05, 0) is 26.1 Å². The van der Waals surface area contributed by atoms with E-state index in [1.807, 2.05) is 0 Å². The first-order valence-electron chi connectivity index (χ1n) is 6.46. The van der Waals surface area contributed by atoms with Crippen molar-refractivity contribution in [3.8, 4) is 0 Å². The Hall–Kier alpha value is -0.160. The van der Waals surface area contributed by atoms with Gasteiger partial charge in [0.2, 0.25) is 0 Å². The summed E-state index contributed by atoms with van der Waals surface area (Å²) < 4.78 is 5.29. The third-order valence-corrected chi connectivity index (χ3v) is 3.36. The maximum atomic E-state index is 8.59. The second-order valence-corrected chi connectivity index (χ2v) is 4.30. The van der Waals surface area contributed by atoms with Crippen molar-refractivity contribution in [1.82, 2.24) is 9.80 Å². The molecule has 1 N–H and O–H groups in total. The maximum absolute atomic E-state index is 8.59. The van der Waals surface area contributed by atoms with Crippen LogP contribution in [0.1, 0.15) is 20.3 Å². The molecule has 0 amide bonds. The molecule has 4 nitrogen and oxygen atoms in total. The molecule has 1 heterocycles. The number of likely N-dealkylation sites (tertiary alicyclic amines) is 1. The monoisotopic (exact) mass is 230 g/mol. The van der Waals surface area contributed by atoms with E-state index in [0.29, 0.717) is 6.61 Å². The molecule has 16 heavy (non-hydrogen) atoms. The van der Waals surface area contributed by atoms with Gasteiger partial charge in [-0.2, -0.15) is 0 Å². The van der Waals surface area contributed by atoms with Gasteiger partial charge in [-0.25, -0.2) is 0 Å². The second-order valence-electron chi connectivity index (χ2n) is 4.30. The summed E-state index contributed by atoms with van der Waals surface area (Å²) in [6.45, 7) is 11.4. The number of hydrogen-bond acceptors (Lipinski definition) is 4. The molecule has 1 aliphatic heterocycles. The maximum Gasteiger partial charge on any atom is 0.0698 e. The van der Waals surface area contributed by atoms with Gasteiger partial charge in [-0.3, -0.25) is 9.80 Å². The topological polar surface area (TPSA) is 35.9 Å². The van der Waals surface area contributed by atoms with Crippen molar-refractivity contribution < 1.29 is 9.84 Å². The molecule has 0 radical (unpaired) electrons. The van der Waals surface area contributed by atoms with Crippen molar-refractivity contribution in [1.29, 1.82) is 0 Å². The van der Waals surface area contributed by atoms with Crippen LogP contribution in [0.15, 0.2) is 0 Å². The van der Waals surface area contributed by atoms with Crippen LogP contribution in [0, 0.1) is 0 Å². The van der Waals surface area contributed by atoms with Crippen LogP contribution in [-0.2, 0) is 4.74 Å². The normalized spacial score (nSPS) is 22.1. The van der Waals surface area contributed by atoms with Crippen molar-refractivity contribution in [2.45, 2.75) is 26.3 Å². The number of nitrogens with zero attached hydrogens (tertiary/aromatic N) is 2. The lowest BCUT2D eigenvalue weighted by atomic mass is 10.2. The first-order chi connectivity index (χ1) is 7.81. The molecule has 0 bridgehead atoms. The van der Waals surface area contributed by atoms with Crippen LogP contribution in [0.25, 0.3) is 0 Å². The highest BCUT2D eigenvalue weighted by Crippen LogP contribution is 2.14. The predicted molar refractivity (Wildman–Crippen MR) is 65.7 cm³/mol. The van der Waals surface area contributed by atoms with Gasteiger partial charge in [0.05, 0.1) is 19.8 Å². The number of rotatable bonds is 8. The minimum atomic E-state index is 0.127. The number of hydrogen-bond donors (Lipinski definition) is 1. The Bertz CT molecular complexity index is 174. The van der Waals surface area contributed by atoms with Crippen LogP contribution < -0.4 is 0 Å². The lowest BCUT2D eigenvalue weighted by Crippen LogP contribution is -2.37. The van der Waals surface area contributed by atoms with E-state index in [1.54, 1.807) is 0 Å². The van der Waals surface area contributed by atoms with Crippen LogP contribution >= 0.6 is 0 Å². The van der Waals surface area contributed by atoms with Gasteiger partial charge in [-0.1, -0.05) is 13.8 Å². The Morgan fingerprint density at radius 2 is 2.06 bits per heavy atom. The second kappa shape index (κ2) is 8.01. The molecule has 1 fully saturated rings. The molecule has 0 aliphatic carbocycles. The van der Waals surface area contributed by atoms with Crippen molar-refractivity contribution in [2.24, 2.45) is 0 Å². The van der Waals surface area contributed by atoms with E-state index < -0.39 is 0 Å². The Morgan fingerprint density at radius 3 is 2.69 bits per heavy atom. The molecule has 96 valence electrons. The molecule has 1 unspecified atom stereocenters. The quantitative estimate of drug-likeness (QED) is 0.613. The number of aliphatic hydroxyl groups is 1. The minimum absolute atomic E-state index is 0.127. The van der Waals surface area contributed by atoms with E-state index in [-0.39, 0.29) is 6.61 Å². The molecule has 1 aliphatic rings. The largest absolute Gasteiger partial charge is 0.394 e. The average Bonchev–Trinajstić information content (AvgIpc) is 2.75. The zero-order valence-electron chi connectivity index (χ0n) is 10.7. The molecule has 1 rings (SSSR count). The Morgan fingerprint density at radius 1 is 1.31 bits per heavy atom. The summed E-state index contributed by atoms with van der Waals surface area (Å²) in [4.78, 5) is 4.99. The van der Waals surface area contributed by atoms with Crippen LogP contribution in [0.5, 0.6) is 0 Å². The lowest BCUT2D eigenvalue weighted by molar-refractivity contribution is 0.0764. The van der Waals surface area contributed by atoms with Gasteiger partial charge in [0.1, 0.15) is 0 Å². The van der Waals surface area contributed by atoms with Gasteiger partial charge in [0, 0.05) is 19.1 Å². The fraction of sp³-hybridized carbons (Fsp3) is 1.00. The fourth-order valence-electron chi connectivity index (χ4n) is 2.41. The summed E-state index contributed by atoms with van der Waals surface area (Å²) in [5.41, 5.74) is 0. The Labute approximate surface area is 99.2 Å². The van der Waals surface area contributed by atoms with Gasteiger partial charge >= 0.3 is 0 Å². The average molecular weight is 230 g/mol. The summed E-state index contributed by atoms with van der Waals surface area (Å²) >= 11 is 0. The van der Waals surface area contributed by atoms with Crippen LogP contribution in [0.3, 0.4) is 0 Å². The predicted octanol–water partition coefficient (Wildman–Crippen LogP) is 0.411. The van der Waals surface area contributed by atoms with Crippen molar-refractivity contribution in [3.63, 3.8) is 0 Å². The molecule has 0 aromatic heterocycles. The van der Waals surface area contributed by atoms with Crippen molar-refractivity contribution in [3.05, 3.63) is 0 Å². The standard InChI is InChI=1S/C12H26N2O2/c1-3-14(4-2)12-5-6-13(11-12)7-9-16-10-8-15/h12,15H,3-11H2,1-2H3. The summed E-state index contributed by atoms with van der Waals surface area (Å²) in [6.07, 6.45) is 1.28. The summed E-state index contributed by atoms with van der Waals surface area (Å²) in [6, 6.07) is 0.729. The van der Waals surface area contributed by atoms with E-state index in [2.05, 4.69) is 23.6 Å². The molecular weight excluding hydrogens is 204 g/mol. The highest BCUT2D eigenvalue weighted by atomic mass is 16.5. The lowest BCUT2D eigenvalue weighted by Gasteiger charge is -2.26. The highest BCUT2D eigenvalue weighted by molar-refractivity contribution is 4.82.